The average Bonchev–Trinajstić information content (AvgIpc) is 2.64. The lowest BCUT2D eigenvalue weighted by atomic mass is 9.95. The molecule has 0 bridgehead atoms. The number of nitrogens with zero attached hydrogens (tertiary/aromatic N) is 3. The van der Waals surface area contributed by atoms with E-state index < -0.39 is 5.97 Å². The molecule has 1 heterocycles. The minimum atomic E-state index is -0.716. The second-order valence-corrected chi connectivity index (χ2v) is 5.47. The van der Waals surface area contributed by atoms with E-state index in [1.807, 2.05) is 19.0 Å². The fraction of sp³-hybridized carbons (Fsp3) is 0.643. The molecular formula is C14H22N4O2. The number of aliphatic carboxylic acids is 1. The smallest absolute Gasteiger partial charge is 0.308 e. The lowest BCUT2D eigenvalue weighted by Crippen LogP contribution is -2.34. The first-order chi connectivity index (χ1) is 9.58. The van der Waals surface area contributed by atoms with Crippen molar-refractivity contribution in [1.82, 2.24) is 9.97 Å². The first kappa shape index (κ1) is 14.6. The molecule has 1 saturated carbocycles. The molecule has 6 heteroatoms. The van der Waals surface area contributed by atoms with Gasteiger partial charge in [-0.3, -0.25) is 4.79 Å². The van der Waals surface area contributed by atoms with Gasteiger partial charge in [0.1, 0.15) is 5.82 Å². The Morgan fingerprint density at radius 2 is 2.10 bits per heavy atom. The van der Waals surface area contributed by atoms with Crippen LogP contribution in [0.1, 0.15) is 32.1 Å². The molecule has 1 aliphatic rings. The zero-order valence-electron chi connectivity index (χ0n) is 12.0. The number of anilines is 2. The summed E-state index contributed by atoms with van der Waals surface area (Å²) in [6.07, 6.45) is 6.46. The molecular weight excluding hydrogens is 256 g/mol. The summed E-state index contributed by atoms with van der Waals surface area (Å²) in [4.78, 5) is 21.8. The van der Waals surface area contributed by atoms with Crippen molar-refractivity contribution in [3.63, 3.8) is 0 Å². The van der Waals surface area contributed by atoms with Gasteiger partial charge in [-0.25, -0.2) is 4.98 Å². The highest BCUT2D eigenvalue weighted by atomic mass is 16.4. The molecule has 2 rings (SSSR count). The van der Waals surface area contributed by atoms with E-state index in [4.69, 9.17) is 0 Å². The van der Waals surface area contributed by atoms with E-state index >= 15 is 0 Å². The first-order valence-corrected chi connectivity index (χ1v) is 7.07. The highest BCUT2D eigenvalue weighted by Gasteiger charge is 2.29. The van der Waals surface area contributed by atoms with Gasteiger partial charge in [0.05, 0.1) is 5.92 Å². The van der Waals surface area contributed by atoms with Crippen LogP contribution in [-0.2, 0) is 4.79 Å². The summed E-state index contributed by atoms with van der Waals surface area (Å²) in [6, 6.07) is 1.73. The number of carboxylic acid groups (broad SMARTS) is 1. The average molecular weight is 278 g/mol. The van der Waals surface area contributed by atoms with Gasteiger partial charge in [0.25, 0.3) is 0 Å². The van der Waals surface area contributed by atoms with Crippen molar-refractivity contribution in [1.29, 1.82) is 0 Å². The molecule has 1 fully saturated rings. The highest BCUT2D eigenvalue weighted by molar-refractivity contribution is 5.71. The van der Waals surface area contributed by atoms with E-state index in [2.05, 4.69) is 15.3 Å². The van der Waals surface area contributed by atoms with Crippen LogP contribution in [0, 0.1) is 5.92 Å². The second kappa shape index (κ2) is 6.54. The number of carbonyl (C=O) groups is 1. The topological polar surface area (TPSA) is 78.4 Å². The Morgan fingerprint density at radius 3 is 2.80 bits per heavy atom. The molecule has 1 aromatic rings. The van der Waals surface area contributed by atoms with Gasteiger partial charge in [0, 0.05) is 26.3 Å². The van der Waals surface area contributed by atoms with E-state index in [1.54, 1.807) is 12.3 Å². The van der Waals surface area contributed by atoms with Gasteiger partial charge in [-0.1, -0.05) is 19.3 Å². The summed E-state index contributed by atoms with van der Waals surface area (Å²) in [5, 5.41) is 12.7. The minimum Gasteiger partial charge on any atom is -0.481 e. The van der Waals surface area contributed by atoms with Gasteiger partial charge in [0.2, 0.25) is 5.95 Å². The van der Waals surface area contributed by atoms with E-state index in [-0.39, 0.29) is 12.0 Å². The van der Waals surface area contributed by atoms with E-state index in [0.717, 1.165) is 32.1 Å². The van der Waals surface area contributed by atoms with E-state index in [9.17, 15) is 9.90 Å². The van der Waals surface area contributed by atoms with Crippen molar-refractivity contribution in [2.45, 2.75) is 38.1 Å². The van der Waals surface area contributed by atoms with Crippen molar-refractivity contribution in [2.75, 3.05) is 24.3 Å². The Balaban J connectivity index is 2.13. The minimum absolute atomic E-state index is 0.0556. The summed E-state index contributed by atoms with van der Waals surface area (Å²) < 4.78 is 0. The number of hydrogen-bond donors (Lipinski definition) is 2. The third kappa shape index (κ3) is 3.59. The molecule has 0 radical (unpaired) electrons. The van der Waals surface area contributed by atoms with Gasteiger partial charge in [-0.05, 0) is 18.9 Å². The molecule has 110 valence electrons. The lowest BCUT2D eigenvalue weighted by molar-refractivity contribution is -0.142. The van der Waals surface area contributed by atoms with Crippen LogP contribution in [0.5, 0.6) is 0 Å². The number of rotatable bonds is 4. The Morgan fingerprint density at radius 1 is 1.35 bits per heavy atom. The quantitative estimate of drug-likeness (QED) is 0.820. The van der Waals surface area contributed by atoms with Gasteiger partial charge < -0.3 is 15.3 Å². The van der Waals surface area contributed by atoms with Crippen LogP contribution >= 0.6 is 0 Å². The van der Waals surface area contributed by atoms with Crippen LogP contribution in [0.3, 0.4) is 0 Å². The summed E-state index contributed by atoms with van der Waals surface area (Å²) in [5.74, 6) is 0.263. The first-order valence-electron chi connectivity index (χ1n) is 7.07. The summed E-state index contributed by atoms with van der Waals surface area (Å²) in [7, 11) is 3.76. The molecule has 2 atom stereocenters. The standard InChI is InChI=1S/C14H22N4O2/c1-18(2)14-15-9-8-12(17-14)16-11-7-5-3-4-6-10(11)13(19)20/h8-11H,3-7H2,1-2H3,(H,19,20)(H,15,16,17). The molecule has 0 amide bonds. The van der Waals surface area contributed by atoms with Gasteiger partial charge in [-0.2, -0.15) is 4.98 Å². The number of carboxylic acids is 1. The van der Waals surface area contributed by atoms with Crippen LogP contribution in [0.4, 0.5) is 11.8 Å². The molecule has 2 unspecified atom stereocenters. The van der Waals surface area contributed by atoms with Crippen LogP contribution in [0.25, 0.3) is 0 Å². The molecule has 20 heavy (non-hydrogen) atoms. The van der Waals surface area contributed by atoms with Crippen LogP contribution in [-0.4, -0.2) is 41.2 Å². The lowest BCUT2D eigenvalue weighted by Gasteiger charge is -2.23. The molecule has 1 aliphatic carbocycles. The molecule has 0 saturated heterocycles. The highest BCUT2D eigenvalue weighted by Crippen LogP contribution is 2.26. The van der Waals surface area contributed by atoms with Crippen LogP contribution in [0.2, 0.25) is 0 Å². The Bertz CT molecular complexity index is 464. The summed E-state index contributed by atoms with van der Waals surface area (Å²) in [5.41, 5.74) is 0. The number of nitrogens with one attached hydrogen (secondary N) is 1. The molecule has 1 aromatic heterocycles. The van der Waals surface area contributed by atoms with Crippen LogP contribution in [0.15, 0.2) is 12.3 Å². The van der Waals surface area contributed by atoms with Crippen molar-refractivity contribution in [2.24, 2.45) is 5.92 Å². The Hall–Kier alpha value is -1.85. The van der Waals surface area contributed by atoms with Crippen molar-refractivity contribution in [3.8, 4) is 0 Å². The molecule has 2 N–H and O–H groups in total. The zero-order chi connectivity index (χ0) is 14.5. The fourth-order valence-corrected chi connectivity index (χ4v) is 2.61. The largest absolute Gasteiger partial charge is 0.481 e. The maximum atomic E-state index is 11.4. The predicted octanol–water partition coefficient (Wildman–Crippen LogP) is 1.99. The van der Waals surface area contributed by atoms with Gasteiger partial charge in [0.15, 0.2) is 0 Å². The second-order valence-electron chi connectivity index (χ2n) is 5.47. The number of aromatic nitrogens is 2. The molecule has 0 aromatic carbocycles. The van der Waals surface area contributed by atoms with Crippen LogP contribution < -0.4 is 10.2 Å². The van der Waals surface area contributed by atoms with E-state index in [0.29, 0.717) is 11.8 Å². The monoisotopic (exact) mass is 278 g/mol. The van der Waals surface area contributed by atoms with Crippen molar-refractivity contribution >= 4 is 17.7 Å². The maximum Gasteiger partial charge on any atom is 0.308 e. The van der Waals surface area contributed by atoms with E-state index in [1.165, 1.54) is 0 Å². The number of hydrogen-bond acceptors (Lipinski definition) is 5. The fourth-order valence-electron chi connectivity index (χ4n) is 2.61. The summed E-state index contributed by atoms with van der Waals surface area (Å²) in [6.45, 7) is 0. The van der Waals surface area contributed by atoms with Gasteiger partial charge in [-0.15, -0.1) is 0 Å². The van der Waals surface area contributed by atoms with Gasteiger partial charge >= 0.3 is 5.97 Å². The van der Waals surface area contributed by atoms with Crippen molar-refractivity contribution < 1.29 is 9.90 Å². The zero-order valence-corrected chi connectivity index (χ0v) is 12.0. The Labute approximate surface area is 119 Å². The SMILES string of the molecule is CN(C)c1nccc(NC2CCCCCC2C(=O)O)n1. The molecule has 0 aliphatic heterocycles. The Kier molecular flexibility index (Phi) is 4.76. The molecule has 6 nitrogen and oxygen atoms in total. The normalized spacial score (nSPS) is 22.9. The summed E-state index contributed by atoms with van der Waals surface area (Å²) >= 11 is 0. The third-order valence-electron chi connectivity index (χ3n) is 3.71. The molecule has 0 spiro atoms. The maximum absolute atomic E-state index is 11.4. The van der Waals surface area contributed by atoms with Crippen molar-refractivity contribution in [3.05, 3.63) is 12.3 Å². The predicted molar refractivity (Wildman–Crippen MR) is 78.0 cm³/mol. The third-order valence-corrected chi connectivity index (χ3v) is 3.71.